The van der Waals surface area contributed by atoms with Crippen LogP contribution in [0, 0.1) is 5.92 Å². The Morgan fingerprint density at radius 3 is 2.60 bits per heavy atom. The molecule has 3 unspecified atom stereocenters. The molecule has 58 valence electrons. The van der Waals surface area contributed by atoms with Gasteiger partial charge in [-0.2, -0.15) is 0 Å². The Morgan fingerprint density at radius 1 is 2.00 bits per heavy atom. The molecule has 0 heterocycles. The third kappa shape index (κ3) is 0.947. The molecule has 1 aliphatic carbocycles. The average molecular weight is 161 g/mol. The van der Waals surface area contributed by atoms with Gasteiger partial charge in [-0.05, 0) is 6.42 Å². The Morgan fingerprint density at radius 2 is 2.50 bits per heavy atom. The zero-order valence-corrected chi connectivity index (χ0v) is 6.84. The fourth-order valence-electron chi connectivity index (χ4n) is 1.06. The van der Waals surface area contributed by atoms with E-state index in [4.69, 9.17) is 10.6 Å². The van der Waals surface area contributed by atoms with E-state index in [1.165, 1.54) is 6.66 Å². The lowest BCUT2D eigenvalue weighted by molar-refractivity contribution is 0.464. The highest BCUT2D eigenvalue weighted by Crippen LogP contribution is 2.65. The molecular weight excluding hydrogens is 149 g/mol. The van der Waals surface area contributed by atoms with Crippen LogP contribution < -0.4 is 5.73 Å². The quantitative estimate of drug-likeness (QED) is 0.464. The van der Waals surface area contributed by atoms with Gasteiger partial charge in [-0.15, -0.1) is 6.58 Å². The van der Waals surface area contributed by atoms with Crippen molar-refractivity contribution < 1.29 is 9.46 Å². The normalized spacial score (nSPS) is 44.1. The standard InChI is InChI=1S/C6H12NO2P/c1-3-5-4-6(5,7)10(2,8)9/h3,5H,1,4,7H2,2H3,(H,8,9). The van der Waals surface area contributed by atoms with Crippen molar-refractivity contribution in [3.63, 3.8) is 0 Å². The minimum absolute atomic E-state index is 0.0355. The van der Waals surface area contributed by atoms with Gasteiger partial charge in [-0.25, -0.2) is 0 Å². The van der Waals surface area contributed by atoms with Crippen LogP contribution in [0.1, 0.15) is 6.42 Å². The Labute approximate surface area is 60.4 Å². The molecule has 3 atom stereocenters. The van der Waals surface area contributed by atoms with E-state index in [0.717, 1.165) is 0 Å². The molecule has 1 rings (SSSR count). The SMILES string of the molecule is C=CC1CC1(N)P(C)(=O)O. The highest BCUT2D eigenvalue weighted by atomic mass is 31.2. The molecule has 0 bridgehead atoms. The molecule has 10 heavy (non-hydrogen) atoms. The molecule has 0 amide bonds. The van der Waals surface area contributed by atoms with Crippen LogP contribution in [0.2, 0.25) is 0 Å². The molecule has 1 saturated carbocycles. The fraction of sp³-hybridized carbons (Fsp3) is 0.667. The van der Waals surface area contributed by atoms with Gasteiger partial charge in [0.1, 0.15) is 0 Å². The smallest absolute Gasteiger partial charge is 0.217 e. The van der Waals surface area contributed by atoms with E-state index in [2.05, 4.69) is 6.58 Å². The number of nitrogens with two attached hydrogens (primary N) is 1. The number of hydrogen-bond acceptors (Lipinski definition) is 2. The maximum atomic E-state index is 11.1. The predicted molar refractivity (Wildman–Crippen MR) is 41.0 cm³/mol. The van der Waals surface area contributed by atoms with Crippen LogP contribution in [0.4, 0.5) is 0 Å². The lowest BCUT2D eigenvalue weighted by atomic mass is 10.4. The van der Waals surface area contributed by atoms with Crippen molar-refractivity contribution in [3.05, 3.63) is 12.7 Å². The molecule has 3 nitrogen and oxygen atoms in total. The van der Waals surface area contributed by atoms with Crippen LogP contribution in [0.5, 0.6) is 0 Å². The van der Waals surface area contributed by atoms with Crippen LogP contribution in [0.15, 0.2) is 12.7 Å². The molecule has 1 fully saturated rings. The van der Waals surface area contributed by atoms with Crippen molar-refractivity contribution in [1.82, 2.24) is 0 Å². The summed E-state index contributed by atoms with van der Waals surface area (Å²) >= 11 is 0. The molecule has 4 heteroatoms. The fourth-order valence-corrected chi connectivity index (χ4v) is 2.31. The summed E-state index contributed by atoms with van der Waals surface area (Å²) in [6.45, 7) is 4.82. The molecule has 0 spiro atoms. The van der Waals surface area contributed by atoms with Crippen molar-refractivity contribution in [2.45, 2.75) is 11.7 Å². The monoisotopic (exact) mass is 161 g/mol. The van der Waals surface area contributed by atoms with E-state index in [1.807, 2.05) is 0 Å². The minimum Gasteiger partial charge on any atom is -0.343 e. The van der Waals surface area contributed by atoms with Crippen LogP contribution in [0.25, 0.3) is 0 Å². The van der Waals surface area contributed by atoms with Gasteiger partial charge in [0.15, 0.2) is 0 Å². The molecule has 3 N–H and O–H groups in total. The van der Waals surface area contributed by atoms with Gasteiger partial charge < -0.3 is 10.6 Å². The third-order valence-corrected chi connectivity index (χ3v) is 4.14. The van der Waals surface area contributed by atoms with E-state index in [-0.39, 0.29) is 5.92 Å². The van der Waals surface area contributed by atoms with Crippen molar-refractivity contribution in [2.75, 3.05) is 6.66 Å². The largest absolute Gasteiger partial charge is 0.343 e. The molecule has 0 saturated heterocycles. The van der Waals surface area contributed by atoms with Gasteiger partial charge in [0, 0.05) is 12.6 Å². The van der Waals surface area contributed by atoms with E-state index in [0.29, 0.717) is 6.42 Å². The summed E-state index contributed by atoms with van der Waals surface area (Å²) in [5, 5.41) is -0.852. The van der Waals surface area contributed by atoms with Crippen LogP contribution in [-0.4, -0.2) is 16.8 Å². The highest BCUT2D eigenvalue weighted by molar-refractivity contribution is 7.59. The van der Waals surface area contributed by atoms with Gasteiger partial charge in [0.25, 0.3) is 0 Å². The molecule has 0 aromatic heterocycles. The molecule has 0 radical (unpaired) electrons. The van der Waals surface area contributed by atoms with Crippen molar-refractivity contribution >= 4 is 7.37 Å². The maximum absolute atomic E-state index is 11.1. The van der Waals surface area contributed by atoms with Gasteiger partial charge in [0.05, 0.1) is 5.28 Å². The van der Waals surface area contributed by atoms with Crippen molar-refractivity contribution in [2.24, 2.45) is 11.7 Å². The average Bonchev–Trinajstić information content (AvgIpc) is 2.41. The minimum atomic E-state index is -3.10. The maximum Gasteiger partial charge on any atom is 0.217 e. The van der Waals surface area contributed by atoms with Crippen LogP contribution >= 0.6 is 7.37 Å². The summed E-state index contributed by atoms with van der Waals surface area (Å²) in [4.78, 5) is 9.10. The lowest BCUT2D eigenvalue weighted by Gasteiger charge is -2.13. The van der Waals surface area contributed by atoms with Crippen molar-refractivity contribution in [1.29, 1.82) is 0 Å². The molecule has 1 aliphatic rings. The Kier molecular flexibility index (Phi) is 1.55. The van der Waals surface area contributed by atoms with Crippen LogP contribution in [-0.2, 0) is 4.57 Å². The summed E-state index contributed by atoms with van der Waals surface area (Å²) in [6, 6.07) is 0. The molecular formula is C6H12NO2P. The Bertz CT molecular complexity index is 210. The third-order valence-electron chi connectivity index (χ3n) is 2.09. The number of rotatable bonds is 2. The van der Waals surface area contributed by atoms with Gasteiger partial charge in [-0.1, -0.05) is 6.08 Å². The summed E-state index contributed by atoms with van der Waals surface area (Å²) < 4.78 is 11.1. The van der Waals surface area contributed by atoms with Gasteiger partial charge in [-0.3, -0.25) is 4.57 Å². The van der Waals surface area contributed by atoms with E-state index in [9.17, 15) is 4.57 Å². The zero-order valence-electron chi connectivity index (χ0n) is 5.95. The molecule has 0 aromatic carbocycles. The summed E-state index contributed by atoms with van der Waals surface area (Å²) in [5.41, 5.74) is 5.59. The zero-order chi connectivity index (χ0) is 7.99. The highest BCUT2D eigenvalue weighted by Gasteiger charge is 2.59. The van der Waals surface area contributed by atoms with E-state index in [1.54, 1.807) is 6.08 Å². The Balaban J connectivity index is 2.77. The lowest BCUT2D eigenvalue weighted by Crippen LogP contribution is -2.23. The first-order valence-corrected chi connectivity index (χ1v) is 5.24. The summed E-state index contributed by atoms with van der Waals surface area (Å²) in [6.07, 6.45) is 2.24. The first-order chi connectivity index (χ1) is 4.42. The number of hydrogen-bond donors (Lipinski definition) is 2. The Hall–Kier alpha value is -0.110. The topological polar surface area (TPSA) is 63.3 Å². The van der Waals surface area contributed by atoms with Crippen LogP contribution in [0.3, 0.4) is 0 Å². The summed E-state index contributed by atoms with van der Waals surface area (Å²) in [5.74, 6) is 0.0355. The predicted octanol–water partition coefficient (Wildman–Crippen LogP) is 0.748. The molecule has 0 aromatic rings. The first kappa shape index (κ1) is 7.99. The van der Waals surface area contributed by atoms with E-state index < -0.39 is 12.6 Å². The van der Waals surface area contributed by atoms with E-state index >= 15 is 0 Å². The second kappa shape index (κ2) is 1.94. The van der Waals surface area contributed by atoms with Gasteiger partial charge >= 0.3 is 0 Å². The second-order valence-corrected chi connectivity index (χ2v) is 5.51. The van der Waals surface area contributed by atoms with Gasteiger partial charge in [0.2, 0.25) is 7.37 Å². The first-order valence-electron chi connectivity index (χ1n) is 3.13. The molecule has 0 aliphatic heterocycles. The summed E-state index contributed by atoms with van der Waals surface area (Å²) in [7, 11) is -3.10. The van der Waals surface area contributed by atoms with Crippen molar-refractivity contribution in [3.8, 4) is 0 Å². The second-order valence-electron chi connectivity index (χ2n) is 2.92.